The van der Waals surface area contributed by atoms with Crippen molar-refractivity contribution in [3.63, 3.8) is 0 Å². The molecular formula is C19H24N2O2. The summed E-state index contributed by atoms with van der Waals surface area (Å²) in [5, 5.41) is 3.74. The zero-order chi connectivity index (χ0) is 15.7. The van der Waals surface area contributed by atoms with Crippen molar-refractivity contribution in [2.75, 3.05) is 26.3 Å². The number of amides is 1. The van der Waals surface area contributed by atoms with Crippen molar-refractivity contribution < 1.29 is 9.53 Å². The minimum atomic E-state index is 0.0978. The van der Waals surface area contributed by atoms with Crippen LogP contribution < -0.4 is 5.32 Å². The predicted molar refractivity (Wildman–Crippen MR) is 89.9 cm³/mol. The molecule has 23 heavy (non-hydrogen) atoms. The standard InChI is InChI=1S/C19H24N2O2/c22-18(21-9-11-23-12-10-21)13-17-16-6-2-1-5-15(16)14-19(20-17)7-3-4-8-19/h1-2,5-6,13,20H,3-4,7-12,14H2/b17-13-. The molecule has 1 aromatic rings. The Hall–Kier alpha value is -1.81. The minimum absolute atomic E-state index is 0.0978. The molecule has 1 saturated heterocycles. The molecule has 3 aliphatic rings. The molecule has 2 aliphatic heterocycles. The Morgan fingerprint density at radius 3 is 2.70 bits per heavy atom. The molecule has 0 aromatic heterocycles. The molecule has 0 bridgehead atoms. The molecule has 122 valence electrons. The van der Waals surface area contributed by atoms with E-state index in [2.05, 4.69) is 29.6 Å². The quantitative estimate of drug-likeness (QED) is 0.809. The number of benzene rings is 1. The van der Waals surface area contributed by atoms with Crippen LogP contribution in [0.4, 0.5) is 0 Å². The van der Waals surface area contributed by atoms with Gasteiger partial charge in [0.2, 0.25) is 5.91 Å². The third-order valence-corrected chi connectivity index (χ3v) is 5.39. The van der Waals surface area contributed by atoms with Gasteiger partial charge in [0.15, 0.2) is 0 Å². The number of rotatable bonds is 1. The highest BCUT2D eigenvalue weighted by atomic mass is 16.5. The van der Waals surface area contributed by atoms with Gasteiger partial charge in [0, 0.05) is 36.0 Å². The molecule has 4 heteroatoms. The lowest BCUT2D eigenvalue weighted by Gasteiger charge is -2.38. The third kappa shape index (κ3) is 2.88. The average Bonchev–Trinajstić information content (AvgIpc) is 3.03. The van der Waals surface area contributed by atoms with Crippen LogP contribution in [0.1, 0.15) is 36.8 Å². The molecule has 0 radical (unpaired) electrons. The van der Waals surface area contributed by atoms with Gasteiger partial charge in [-0.15, -0.1) is 0 Å². The first kappa shape index (κ1) is 14.8. The van der Waals surface area contributed by atoms with Gasteiger partial charge in [-0.05, 0) is 24.8 Å². The zero-order valence-electron chi connectivity index (χ0n) is 13.5. The molecule has 4 rings (SSSR count). The Morgan fingerprint density at radius 2 is 1.91 bits per heavy atom. The van der Waals surface area contributed by atoms with Crippen LogP contribution in [0, 0.1) is 0 Å². The second kappa shape index (κ2) is 6.00. The lowest BCUT2D eigenvalue weighted by atomic mass is 9.82. The lowest BCUT2D eigenvalue weighted by Crippen LogP contribution is -2.47. The fraction of sp³-hybridized carbons (Fsp3) is 0.526. The third-order valence-electron chi connectivity index (χ3n) is 5.39. The van der Waals surface area contributed by atoms with E-state index in [4.69, 9.17) is 4.74 Å². The van der Waals surface area contributed by atoms with E-state index in [1.807, 2.05) is 11.0 Å². The molecule has 1 saturated carbocycles. The number of ether oxygens (including phenoxy) is 1. The summed E-state index contributed by atoms with van der Waals surface area (Å²) in [6, 6.07) is 8.50. The van der Waals surface area contributed by atoms with Crippen molar-refractivity contribution in [3.05, 3.63) is 41.5 Å². The van der Waals surface area contributed by atoms with Crippen LogP contribution in [0.2, 0.25) is 0 Å². The van der Waals surface area contributed by atoms with Gasteiger partial charge in [-0.25, -0.2) is 0 Å². The fourth-order valence-corrected chi connectivity index (χ4v) is 4.16. The number of carbonyl (C=O) groups is 1. The Balaban J connectivity index is 1.65. The first-order chi connectivity index (χ1) is 11.3. The highest BCUT2D eigenvalue weighted by Crippen LogP contribution is 2.39. The van der Waals surface area contributed by atoms with Crippen LogP contribution in [0.3, 0.4) is 0 Å². The Morgan fingerprint density at radius 1 is 1.17 bits per heavy atom. The van der Waals surface area contributed by atoms with E-state index in [1.165, 1.54) is 36.8 Å². The van der Waals surface area contributed by atoms with E-state index >= 15 is 0 Å². The number of carbonyl (C=O) groups excluding carboxylic acids is 1. The first-order valence-electron chi connectivity index (χ1n) is 8.71. The van der Waals surface area contributed by atoms with E-state index < -0.39 is 0 Å². The number of nitrogens with zero attached hydrogens (tertiary/aromatic N) is 1. The summed E-state index contributed by atoms with van der Waals surface area (Å²) in [6.45, 7) is 2.66. The summed E-state index contributed by atoms with van der Waals surface area (Å²) in [7, 11) is 0. The molecule has 1 N–H and O–H groups in total. The lowest BCUT2D eigenvalue weighted by molar-refractivity contribution is -0.129. The molecule has 2 heterocycles. The van der Waals surface area contributed by atoms with Crippen LogP contribution in [-0.4, -0.2) is 42.6 Å². The number of hydrogen-bond donors (Lipinski definition) is 1. The molecule has 1 amide bonds. The smallest absolute Gasteiger partial charge is 0.248 e. The van der Waals surface area contributed by atoms with Gasteiger partial charge in [-0.3, -0.25) is 4.79 Å². The first-order valence-corrected chi connectivity index (χ1v) is 8.71. The number of morpholine rings is 1. The van der Waals surface area contributed by atoms with Crippen molar-refractivity contribution in [1.29, 1.82) is 0 Å². The van der Waals surface area contributed by atoms with Crippen LogP contribution in [0.25, 0.3) is 5.70 Å². The molecule has 4 nitrogen and oxygen atoms in total. The van der Waals surface area contributed by atoms with Crippen LogP contribution in [0.15, 0.2) is 30.3 Å². The highest BCUT2D eigenvalue weighted by Gasteiger charge is 2.38. The normalized spacial score (nSPS) is 24.5. The van der Waals surface area contributed by atoms with Gasteiger partial charge in [0.25, 0.3) is 0 Å². The summed E-state index contributed by atoms with van der Waals surface area (Å²) in [5.41, 5.74) is 3.72. The summed E-state index contributed by atoms with van der Waals surface area (Å²) in [5.74, 6) is 0.0978. The van der Waals surface area contributed by atoms with E-state index in [9.17, 15) is 4.79 Å². The minimum Gasteiger partial charge on any atom is -0.379 e. The van der Waals surface area contributed by atoms with Gasteiger partial charge >= 0.3 is 0 Å². The Bertz CT molecular complexity index is 626. The van der Waals surface area contributed by atoms with Gasteiger partial charge in [-0.2, -0.15) is 0 Å². The summed E-state index contributed by atoms with van der Waals surface area (Å²) in [4.78, 5) is 14.5. The average molecular weight is 312 g/mol. The second-order valence-corrected chi connectivity index (χ2v) is 6.94. The van der Waals surface area contributed by atoms with Crippen molar-refractivity contribution >= 4 is 11.6 Å². The Labute approximate surface area is 137 Å². The summed E-state index contributed by atoms with van der Waals surface area (Å²) < 4.78 is 5.34. The molecule has 0 unspecified atom stereocenters. The zero-order valence-corrected chi connectivity index (χ0v) is 13.5. The molecule has 1 spiro atoms. The Kier molecular flexibility index (Phi) is 3.85. The molecular weight excluding hydrogens is 288 g/mol. The van der Waals surface area contributed by atoms with Gasteiger partial charge in [-0.1, -0.05) is 37.1 Å². The fourth-order valence-electron chi connectivity index (χ4n) is 4.16. The highest BCUT2D eigenvalue weighted by molar-refractivity contribution is 5.95. The topological polar surface area (TPSA) is 41.6 Å². The van der Waals surface area contributed by atoms with Gasteiger partial charge < -0.3 is 15.0 Å². The van der Waals surface area contributed by atoms with Crippen LogP contribution >= 0.6 is 0 Å². The summed E-state index contributed by atoms with van der Waals surface area (Å²) in [6.07, 6.45) is 7.84. The largest absolute Gasteiger partial charge is 0.379 e. The van der Waals surface area contributed by atoms with Crippen LogP contribution in [0.5, 0.6) is 0 Å². The molecule has 2 fully saturated rings. The maximum absolute atomic E-state index is 12.6. The van der Waals surface area contributed by atoms with Crippen LogP contribution in [-0.2, 0) is 16.0 Å². The SMILES string of the molecule is O=C(/C=C1\NC2(CCCC2)Cc2ccccc21)N1CCOCC1. The molecule has 0 atom stereocenters. The van der Waals surface area contributed by atoms with E-state index in [1.54, 1.807) is 0 Å². The predicted octanol–water partition coefficient (Wildman–Crippen LogP) is 2.34. The van der Waals surface area contributed by atoms with Crippen molar-refractivity contribution in [3.8, 4) is 0 Å². The van der Waals surface area contributed by atoms with E-state index in [-0.39, 0.29) is 11.4 Å². The van der Waals surface area contributed by atoms with Crippen molar-refractivity contribution in [1.82, 2.24) is 10.2 Å². The van der Waals surface area contributed by atoms with E-state index in [0.717, 1.165) is 12.1 Å². The van der Waals surface area contributed by atoms with Crippen molar-refractivity contribution in [2.24, 2.45) is 0 Å². The number of nitrogens with one attached hydrogen (secondary N) is 1. The monoisotopic (exact) mass is 312 g/mol. The molecule has 1 aliphatic carbocycles. The number of fused-ring (bicyclic) bond motifs is 1. The maximum Gasteiger partial charge on any atom is 0.248 e. The van der Waals surface area contributed by atoms with Crippen molar-refractivity contribution in [2.45, 2.75) is 37.6 Å². The second-order valence-electron chi connectivity index (χ2n) is 6.94. The van der Waals surface area contributed by atoms with Gasteiger partial charge in [0.1, 0.15) is 0 Å². The summed E-state index contributed by atoms with van der Waals surface area (Å²) >= 11 is 0. The maximum atomic E-state index is 12.6. The molecule has 1 aromatic carbocycles. The number of hydrogen-bond acceptors (Lipinski definition) is 3. The van der Waals surface area contributed by atoms with E-state index in [0.29, 0.717) is 26.3 Å². The van der Waals surface area contributed by atoms with Gasteiger partial charge in [0.05, 0.1) is 13.2 Å².